The molecule has 2 aromatic carbocycles. The number of aryl methyl sites for hydroxylation is 1. The molecule has 5 nitrogen and oxygen atoms in total. The van der Waals surface area contributed by atoms with Gasteiger partial charge >= 0.3 is 0 Å². The maximum Gasteiger partial charge on any atom is 0.220 e. The van der Waals surface area contributed by atoms with Crippen molar-refractivity contribution in [3.63, 3.8) is 0 Å². The highest BCUT2D eigenvalue weighted by Crippen LogP contribution is 2.37. The van der Waals surface area contributed by atoms with Crippen molar-refractivity contribution in [1.29, 1.82) is 0 Å². The molecule has 0 saturated heterocycles. The number of phenolic OH excluding ortho intramolecular Hbond substituents is 1. The van der Waals surface area contributed by atoms with Crippen LogP contribution in [0.15, 0.2) is 48.7 Å². The van der Waals surface area contributed by atoms with E-state index in [1.165, 1.54) is 0 Å². The number of rotatable bonds is 8. The Hall–Kier alpha value is -3.08. The first-order valence-electron chi connectivity index (χ1n) is 10.7. The smallest absolute Gasteiger partial charge is 0.220 e. The molecule has 3 rings (SSSR count). The van der Waals surface area contributed by atoms with Gasteiger partial charge < -0.3 is 15.3 Å². The molecule has 1 aromatic heterocycles. The van der Waals surface area contributed by atoms with Crippen molar-refractivity contribution in [3.8, 4) is 5.75 Å². The summed E-state index contributed by atoms with van der Waals surface area (Å²) < 4.78 is 0. The van der Waals surface area contributed by atoms with Crippen molar-refractivity contribution < 1.29 is 9.90 Å². The maximum absolute atomic E-state index is 12.6. The van der Waals surface area contributed by atoms with Crippen LogP contribution in [0.1, 0.15) is 56.3 Å². The van der Waals surface area contributed by atoms with E-state index < -0.39 is 6.04 Å². The monoisotopic (exact) mass is 405 g/mol. The molecule has 1 heterocycles. The first kappa shape index (κ1) is 21.6. The van der Waals surface area contributed by atoms with E-state index in [9.17, 15) is 9.90 Å². The van der Waals surface area contributed by atoms with Gasteiger partial charge in [-0.25, -0.2) is 0 Å². The van der Waals surface area contributed by atoms with E-state index in [0.29, 0.717) is 17.5 Å². The van der Waals surface area contributed by atoms with Crippen LogP contribution < -0.4 is 10.2 Å². The molecule has 0 bridgehead atoms. The van der Waals surface area contributed by atoms with Crippen LogP contribution in [0.25, 0.3) is 10.9 Å². The number of hydrogen-bond acceptors (Lipinski definition) is 4. The van der Waals surface area contributed by atoms with Gasteiger partial charge in [0.05, 0.1) is 6.04 Å². The quantitative estimate of drug-likeness (QED) is 0.547. The number of hydrogen-bond donors (Lipinski definition) is 2. The van der Waals surface area contributed by atoms with Crippen molar-refractivity contribution in [2.75, 3.05) is 18.0 Å². The van der Waals surface area contributed by atoms with Crippen LogP contribution >= 0.6 is 0 Å². The van der Waals surface area contributed by atoms with Gasteiger partial charge in [-0.15, -0.1) is 0 Å². The van der Waals surface area contributed by atoms with Crippen molar-refractivity contribution in [3.05, 3.63) is 65.4 Å². The number of nitrogens with zero attached hydrogens (tertiary/aromatic N) is 2. The Kier molecular flexibility index (Phi) is 6.93. The minimum absolute atomic E-state index is 0.0334. The fourth-order valence-electron chi connectivity index (χ4n) is 3.94. The number of fused-ring (bicyclic) bond motifs is 1. The molecule has 0 aliphatic heterocycles. The Morgan fingerprint density at radius 2 is 1.90 bits per heavy atom. The second kappa shape index (κ2) is 9.61. The molecule has 0 saturated carbocycles. The standard InChI is InChI=1S/C25H31N3O2/c1-5-10-22(29)27-23(18-11-8-12-19(16-18)28(6-2)7-3)21-15-17(4)20-13-9-14-26-24(20)25(21)30/h8-9,11-16,23,30H,5-7,10H2,1-4H3,(H,27,29). The molecule has 0 aliphatic carbocycles. The van der Waals surface area contributed by atoms with Crippen molar-refractivity contribution >= 4 is 22.5 Å². The topological polar surface area (TPSA) is 65.5 Å². The largest absolute Gasteiger partial charge is 0.505 e. The third-order valence-electron chi connectivity index (χ3n) is 5.53. The predicted molar refractivity (Wildman–Crippen MR) is 123 cm³/mol. The summed E-state index contributed by atoms with van der Waals surface area (Å²) in [5, 5.41) is 15.1. The minimum Gasteiger partial charge on any atom is -0.505 e. The average Bonchev–Trinajstić information content (AvgIpc) is 2.76. The third-order valence-corrected chi connectivity index (χ3v) is 5.53. The number of benzene rings is 2. The van der Waals surface area contributed by atoms with Gasteiger partial charge in [0, 0.05) is 42.3 Å². The molecule has 0 spiro atoms. The van der Waals surface area contributed by atoms with Crippen LogP contribution in [0.4, 0.5) is 5.69 Å². The Balaban J connectivity index is 2.15. The lowest BCUT2D eigenvalue weighted by Crippen LogP contribution is -2.29. The summed E-state index contributed by atoms with van der Waals surface area (Å²) in [5.41, 5.74) is 4.28. The molecular weight excluding hydrogens is 374 g/mol. The fraction of sp³-hybridized carbons (Fsp3) is 0.360. The first-order chi connectivity index (χ1) is 14.5. The molecule has 1 atom stereocenters. The Morgan fingerprint density at radius 1 is 1.13 bits per heavy atom. The van der Waals surface area contributed by atoms with Crippen LogP contribution in [0.3, 0.4) is 0 Å². The van der Waals surface area contributed by atoms with Gasteiger partial charge in [0.2, 0.25) is 5.91 Å². The number of anilines is 1. The summed E-state index contributed by atoms with van der Waals surface area (Å²) in [4.78, 5) is 19.2. The average molecular weight is 406 g/mol. The lowest BCUT2D eigenvalue weighted by atomic mass is 9.93. The molecule has 1 unspecified atom stereocenters. The summed E-state index contributed by atoms with van der Waals surface area (Å²) in [7, 11) is 0. The third kappa shape index (κ3) is 4.40. The van der Waals surface area contributed by atoms with Crippen LogP contribution in [0.2, 0.25) is 0 Å². The zero-order chi connectivity index (χ0) is 21.7. The SMILES string of the molecule is CCCC(=O)NC(c1cccc(N(CC)CC)c1)c1cc(C)c2cccnc2c1O. The normalized spacial score (nSPS) is 12.0. The number of carbonyl (C=O) groups excluding carboxylic acids is 1. The zero-order valence-corrected chi connectivity index (χ0v) is 18.3. The number of nitrogens with one attached hydrogen (secondary N) is 1. The lowest BCUT2D eigenvalue weighted by molar-refractivity contribution is -0.121. The Bertz CT molecular complexity index is 1030. The predicted octanol–water partition coefficient (Wildman–Crippen LogP) is 5.10. The number of amides is 1. The molecular formula is C25H31N3O2. The van der Waals surface area contributed by atoms with Gasteiger partial charge in [-0.1, -0.05) is 25.1 Å². The molecule has 30 heavy (non-hydrogen) atoms. The highest BCUT2D eigenvalue weighted by Gasteiger charge is 2.23. The van der Waals surface area contributed by atoms with Gasteiger partial charge in [-0.3, -0.25) is 9.78 Å². The highest BCUT2D eigenvalue weighted by atomic mass is 16.3. The molecule has 3 aromatic rings. The highest BCUT2D eigenvalue weighted by molar-refractivity contribution is 5.89. The van der Waals surface area contributed by atoms with E-state index in [1.54, 1.807) is 6.20 Å². The number of phenols is 1. The lowest BCUT2D eigenvalue weighted by Gasteiger charge is -2.25. The van der Waals surface area contributed by atoms with Crippen LogP contribution in [-0.2, 0) is 4.79 Å². The van der Waals surface area contributed by atoms with Crippen molar-refractivity contribution in [2.45, 2.75) is 46.6 Å². The molecule has 0 aliphatic rings. The fourth-order valence-corrected chi connectivity index (χ4v) is 3.94. The van der Waals surface area contributed by atoms with Crippen molar-refractivity contribution in [2.24, 2.45) is 0 Å². The molecule has 1 amide bonds. The number of pyridine rings is 1. The molecule has 158 valence electrons. The van der Waals surface area contributed by atoms with Gasteiger partial charge in [0.25, 0.3) is 0 Å². The second-order valence-corrected chi connectivity index (χ2v) is 7.55. The number of aromatic nitrogens is 1. The summed E-state index contributed by atoms with van der Waals surface area (Å²) in [5.74, 6) is 0.0835. The summed E-state index contributed by atoms with van der Waals surface area (Å²) in [6.45, 7) is 10.0. The van der Waals surface area contributed by atoms with Crippen LogP contribution in [0, 0.1) is 6.92 Å². The Labute approximate surface area is 178 Å². The number of aromatic hydroxyl groups is 1. The number of carbonyl (C=O) groups is 1. The summed E-state index contributed by atoms with van der Waals surface area (Å²) >= 11 is 0. The zero-order valence-electron chi connectivity index (χ0n) is 18.3. The molecule has 0 radical (unpaired) electrons. The van der Waals surface area contributed by atoms with Gasteiger partial charge in [0.15, 0.2) is 0 Å². The summed E-state index contributed by atoms with van der Waals surface area (Å²) in [6, 6.07) is 13.5. The minimum atomic E-state index is -0.454. The van der Waals surface area contributed by atoms with E-state index in [4.69, 9.17) is 0 Å². The van der Waals surface area contributed by atoms with Crippen molar-refractivity contribution in [1.82, 2.24) is 10.3 Å². The second-order valence-electron chi connectivity index (χ2n) is 7.55. The first-order valence-corrected chi connectivity index (χ1v) is 10.7. The van der Waals surface area contributed by atoms with E-state index >= 15 is 0 Å². The Morgan fingerprint density at radius 3 is 2.60 bits per heavy atom. The van der Waals surface area contributed by atoms with E-state index in [-0.39, 0.29) is 11.7 Å². The van der Waals surface area contributed by atoms with Gasteiger partial charge in [-0.05, 0) is 62.6 Å². The van der Waals surface area contributed by atoms with E-state index in [2.05, 4.69) is 41.2 Å². The molecule has 5 heteroatoms. The van der Waals surface area contributed by atoms with E-state index in [1.807, 2.05) is 44.2 Å². The van der Waals surface area contributed by atoms with Crippen LogP contribution in [0.5, 0.6) is 5.75 Å². The molecule has 0 fully saturated rings. The van der Waals surface area contributed by atoms with Gasteiger partial charge in [-0.2, -0.15) is 0 Å². The van der Waals surface area contributed by atoms with Crippen LogP contribution in [-0.4, -0.2) is 29.1 Å². The van der Waals surface area contributed by atoms with Gasteiger partial charge in [0.1, 0.15) is 11.3 Å². The van der Waals surface area contributed by atoms with E-state index in [0.717, 1.165) is 41.7 Å². The molecule has 2 N–H and O–H groups in total. The maximum atomic E-state index is 12.6. The summed E-state index contributed by atoms with van der Waals surface area (Å²) in [6.07, 6.45) is 2.89.